The summed E-state index contributed by atoms with van der Waals surface area (Å²) < 4.78 is 0. The highest BCUT2D eigenvalue weighted by molar-refractivity contribution is 6.19. The molecule has 0 aliphatic heterocycles. The Morgan fingerprint density at radius 1 is 0.321 bits per heavy atom. The van der Waals surface area contributed by atoms with E-state index in [1.807, 2.05) is 12.1 Å². The molecule has 0 N–H and O–H groups in total. The monoisotopic (exact) mass is 675 g/mol. The lowest BCUT2D eigenvalue weighted by molar-refractivity contribution is 1.29. The summed E-state index contributed by atoms with van der Waals surface area (Å²) in [6.07, 6.45) is 0. The SMILES string of the molecule is c1ccc(-c2ccc(N(c3ccc4ccccc4c3)c3ccc4ccc5ccc6nc(-c7ccccc7)c(-c7ccccc7)nc6c5c4c3)cc2)cc1. The van der Waals surface area contributed by atoms with Crippen molar-refractivity contribution in [1.29, 1.82) is 0 Å². The molecule has 248 valence electrons. The van der Waals surface area contributed by atoms with Gasteiger partial charge in [-0.25, -0.2) is 9.97 Å². The van der Waals surface area contributed by atoms with Crippen LogP contribution in [-0.4, -0.2) is 9.97 Å². The minimum atomic E-state index is 0.872. The Morgan fingerprint density at radius 3 is 1.51 bits per heavy atom. The van der Waals surface area contributed by atoms with Gasteiger partial charge in [-0.3, -0.25) is 0 Å². The molecule has 1 aromatic heterocycles. The quantitative estimate of drug-likeness (QED) is 0.164. The summed E-state index contributed by atoms with van der Waals surface area (Å²) in [5.41, 5.74) is 11.3. The van der Waals surface area contributed by atoms with Crippen LogP contribution >= 0.6 is 0 Å². The van der Waals surface area contributed by atoms with E-state index in [1.165, 1.54) is 21.9 Å². The molecule has 0 unspecified atom stereocenters. The number of fused-ring (bicyclic) bond motifs is 6. The van der Waals surface area contributed by atoms with Gasteiger partial charge < -0.3 is 4.90 Å². The summed E-state index contributed by atoms with van der Waals surface area (Å²) in [6.45, 7) is 0. The summed E-state index contributed by atoms with van der Waals surface area (Å²) in [5, 5.41) is 6.94. The minimum Gasteiger partial charge on any atom is -0.310 e. The van der Waals surface area contributed by atoms with E-state index in [2.05, 4.69) is 193 Å². The van der Waals surface area contributed by atoms with Crippen molar-refractivity contribution >= 4 is 60.4 Å². The topological polar surface area (TPSA) is 29.0 Å². The lowest BCUT2D eigenvalue weighted by atomic mass is 9.98. The van der Waals surface area contributed by atoms with Gasteiger partial charge in [0.05, 0.1) is 22.4 Å². The van der Waals surface area contributed by atoms with E-state index >= 15 is 0 Å². The molecule has 0 spiro atoms. The van der Waals surface area contributed by atoms with Gasteiger partial charge in [0.1, 0.15) is 0 Å². The first-order valence-corrected chi connectivity index (χ1v) is 18.0. The summed E-state index contributed by atoms with van der Waals surface area (Å²) in [7, 11) is 0. The summed E-state index contributed by atoms with van der Waals surface area (Å²) in [6, 6.07) is 71.0. The van der Waals surface area contributed by atoms with E-state index in [4.69, 9.17) is 9.97 Å². The number of anilines is 3. The van der Waals surface area contributed by atoms with Crippen LogP contribution in [0.4, 0.5) is 17.1 Å². The Labute approximate surface area is 308 Å². The number of nitrogens with zero attached hydrogens (tertiary/aromatic N) is 3. The van der Waals surface area contributed by atoms with Crippen LogP contribution in [0.3, 0.4) is 0 Å². The van der Waals surface area contributed by atoms with Gasteiger partial charge in [0, 0.05) is 33.6 Å². The molecule has 0 saturated carbocycles. The zero-order valence-corrected chi connectivity index (χ0v) is 28.9. The van der Waals surface area contributed by atoms with Crippen molar-refractivity contribution in [2.45, 2.75) is 0 Å². The first kappa shape index (κ1) is 30.7. The van der Waals surface area contributed by atoms with Crippen LogP contribution in [0.25, 0.3) is 77.0 Å². The highest BCUT2D eigenvalue weighted by Gasteiger charge is 2.18. The van der Waals surface area contributed by atoms with Gasteiger partial charge in [0.15, 0.2) is 0 Å². The molecule has 0 radical (unpaired) electrons. The largest absolute Gasteiger partial charge is 0.310 e. The van der Waals surface area contributed by atoms with E-state index in [-0.39, 0.29) is 0 Å². The third-order valence-corrected chi connectivity index (χ3v) is 10.2. The molecule has 9 aromatic carbocycles. The number of aromatic nitrogens is 2. The molecule has 0 aliphatic rings. The van der Waals surface area contributed by atoms with E-state index < -0.39 is 0 Å². The normalized spacial score (nSPS) is 11.4. The fraction of sp³-hybridized carbons (Fsp3) is 0. The zero-order valence-electron chi connectivity index (χ0n) is 28.9. The van der Waals surface area contributed by atoms with Crippen LogP contribution in [0.2, 0.25) is 0 Å². The van der Waals surface area contributed by atoms with Crippen LogP contribution in [0.15, 0.2) is 200 Å². The van der Waals surface area contributed by atoms with Gasteiger partial charge in [-0.15, -0.1) is 0 Å². The Bertz CT molecular complexity index is 2920. The van der Waals surface area contributed by atoms with Gasteiger partial charge in [-0.05, 0) is 80.5 Å². The Hall–Kier alpha value is -7.10. The molecule has 0 fully saturated rings. The van der Waals surface area contributed by atoms with Gasteiger partial charge in [0.25, 0.3) is 0 Å². The van der Waals surface area contributed by atoms with Gasteiger partial charge in [-0.1, -0.05) is 158 Å². The third-order valence-electron chi connectivity index (χ3n) is 10.2. The average molecular weight is 676 g/mol. The average Bonchev–Trinajstić information content (AvgIpc) is 3.24. The third kappa shape index (κ3) is 5.56. The molecule has 10 aromatic rings. The molecule has 0 aliphatic carbocycles. The lowest BCUT2D eigenvalue weighted by Crippen LogP contribution is -2.10. The fourth-order valence-corrected chi connectivity index (χ4v) is 7.58. The molecular weight excluding hydrogens is 643 g/mol. The molecule has 0 saturated heterocycles. The standard InChI is InChI=1S/C50H33N3/c1-4-12-34(13-5-1)36-22-27-42(28-23-36)53(43-29-24-35-14-10-11-19-41(35)32-43)44-30-25-37-20-21-38-26-31-46-50(47(38)45(37)33-44)52-49(40-17-8-3-9-18-40)48(51-46)39-15-6-2-7-16-39/h1-33H. The van der Waals surface area contributed by atoms with Crippen molar-refractivity contribution in [2.24, 2.45) is 0 Å². The maximum Gasteiger partial charge on any atom is 0.0979 e. The molecule has 1 heterocycles. The van der Waals surface area contributed by atoms with Crippen LogP contribution in [0.5, 0.6) is 0 Å². The second kappa shape index (κ2) is 12.9. The predicted octanol–water partition coefficient (Wildman–Crippen LogP) is 13.6. The summed E-state index contributed by atoms with van der Waals surface area (Å²) >= 11 is 0. The van der Waals surface area contributed by atoms with E-state index in [0.717, 1.165) is 72.2 Å². The molecule has 10 rings (SSSR count). The van der Waals surface area contributed by atoms with E-state index in [0.29, 0.717) is 0 Å². The molecule has 3 nitrogen and oxygen atoms in total. The van der Waals surface area contributed by atoms with Gasteiger partial charge in [0.2, 0.25) is 0 Å². The highest BCUT2D eigenvalue weighted by Crippen LogP contribution is 2.41. The van der Waals surface area contributed by atoms with E-state index in [9.17, 15) is 0 Å². The van der Waals surface area contributed by atoms with Crippen LogP contribution in [-0.2, 0) is 0 Å². The highest BCUT2D eigenvalue weighted by atomic mass is 15.1. The van der Waals surface area contributed by atoms with Crippen LogP contribution < -0.4 is 4.90 Å². The molecule has 0 atom stereocenters. The van der Waals surface area contributed by atoms with E-state index in [1.54, 1.807) is 0 Å². The number of benzene rings is 9. The van der Waals surface area contributed by atoms with Crippen molar-refractivity contribution in [3.05, 3.63) is 200 Å². The van der Waals surface area contributed by atoms with Crippen LogP contribution in [0.1, 0.15) is 0 Å². The number of rotatable bonds is 6. The van der Waals surface area contributed by atoms with Crippen LogP contribution in [0, 0.1) is 0 Å². The molecule has 53 heavy (non-hydrogen) atoms. The molecular formula is C50H33N3. The first-order chi connectivity index (χ1) is 26.3. The van der Waals surface area contributed by atoms with Crippen molar-refractivity contribution in [3.8, 4) is 33.6 Å². The molecule has 0 bridgehead atoms. The fourth-order valence-electron chi connectivity index (χ4n) is 7.58. The lowest BCUT2D eigenvalue weighted by Gasteiger charge is -2.26. The second-order valence-electron chi connectivity index (χ2n) is 13.4. The molecule has 0 amide bonds. The van der Waals surface area contributed by atoms with Crippen molar-refractivity contribution in [3.63, 3.8) is 0 Å². The van der Waals surface area contributed by atoms with Gasteiger partial charge in [-0.2, -0.15) is 0 Å². The maximum atomic E-state index is 5.49. The maximum absolute atomic E-state index is 5.49. The predicted molar refractivity (Wildman–Crippen MR) is 223 cm³/mol. The smallest absolute Gasteiger partial charge is 0.0979 e. The Balaban J connectivity index is 1.21. The van der Waals surface area contributed by atoms with Crippen molar-refractivity contribution in [2.75, 3.05) is 4.90 Å². The Morgan fingerprint density at radius 2 is 0.811 bits per heavy atom. The minimum absolute atomic E-state index is 0.872. The van der Waals surface area contributed by atoms with Crippen molar-refractivity contribution < 1.29 is 0 Å². The van der Waals surface area contributed by atoms with Crippen molar-refractivity contribution in [1.82, 2.24) is 9.97 Å². The summed E-state index contributed by atoms with van der Waals surface area (Å²) in [5.74, 6) is 0. The Kier molecular flexibility index (Phi) is 7.47. The number of hydrogen-bond acceptors (Lipinski definition) is 3. The summed E-state index contributed by atoms with van der Waals surface area (Å²) in [4.78, 5) is 13.2. The molecule has 3 heteroatoms. The number of hydrogen-bond donors (Lipinski definition) is 0. The second-order valence-corrected chi connectivity index (χ2v) is 13.4. The zero-order chi connectivity index (χ0) is 35.1. The first-order valence-electron chi connectivity index (χ1n) is 18.0. The van der Waals surface area contributed by atoms with Gasteiger partial charge >= 0.3 is 0 Å².